The van der Waals surface area contributed by atoms with Crippen molar-refractivity contribution in [2.75, 3.05) is 10.6 Å². The minimum absolute atomic E-state index is 0.0282. The van der Waals surface area contributed by atoms with Crippen LogP contribution >= 0.6 is 0 Å². The first-order chi connectivity index (χ1) is 13.0. The maximum atomic E-state index is 11.5. The largest absolute Gasteiger partial charge is 0.377 e. The van der Waals surface area contributed by atoms with E-state index < -0.39 is 4.92 Å². The number of pyridine rings is 1. The van der Waals surface area contributed by atoms with Gasteiger partial charge in [-0.3, -0.25) is 19.9 Å². The fourth-order valence-corrected chi connectivity index (χ4v) is 3.42. The van der Waals surface area contributed by atoms with E-state index in [9.17, 15) is 14.9 Å². The van der Waals surface area contributed by atoms with Crippen molar-refractivity contribution in [3.05, 3.63) is 69.9 Å². The molecule has 3 aromatic rings. The standard InChI is InChI=1S/C20H18N4O3/c1-12(13-4-6-16-14(11-13)5-9-19(25)23-16)22-17-7-8-18(24(26)27)15-3-2-10-21-20(15)17/h2-4,6-8,10-12,22H,5,9H2,1H3,(H,23,25)/t12-/m1/s1. The van der Waals surface area contributed by atoms with E-state index >= 15 is 0 Å². The molecule has 0 saturated heterocycles. The van der Waals surface area contributed by atoms with Crippen LogP contribution in [0.2, 0.25) is 0 Å². The Morgan fingerprint density at radius 3 is 2.89 bits per heavy atom. The molecule has 2 aromatic carbocycles. The number of aromatic nitrogens is 1. The van der Waals surface area contributed by atoms with E-state index in [1.54, 1.807) is 24.4 Å². The minimum Gasteiger partial charge on any atom is -0.377 e. The van der Waals surface area contributed by atoms with Gasteiger partial charge in [0, 0.05) is 30.4 Å². The molecule has 27 heavy (non-hydrogen) atoms. The van der Waals surface area contributed by atoms with Crippen LogP contribution in [0.25, 0.3) is 10.9 Å². The van der Waals surface area contributed by atoms with Crippen molar-refractivity contribution in [1.29, 1.82) is 0 Å². The molecule has 136 valence electrons. The van der Waals surface area contributed by atoms with Crippen LogP contribution < -0.4 is 10.6 Å². The molecule has 1 aliphatic rings. The van der Waals surface area contributed by atoms with Crippen molar-refractivity contribution in [2.24, 2.45) is 0 Å². The number of nitro groups is 1. The number of hydrogen-bond donors (Lipinski definition) is 2. The molecule has 4 rings (SSSR count). The predicted molar refractivity (Wildman–Crippen MR) is 104 cm³/mol. The molecule has 0 aliphatic carbocycles. The van der Waals surface area contributed by atoms with Gasteiger partial charge in [-0.1, -0.05) is 12.1 Å². The molecule has 1 aliphatic heterocycles. The summed E-state index contributed by atoms with van der Waals surface area (Å²) < 4.78 is 0. The van der Waals surface area contributed by atoms with Crippen LogP contribution in [0.1, 0.15) is 30.5 Å². The van der Waals surface area contributed by atoms with Crippen LogP contribution in [0.15, 0.2) is 48.7 Å². The molecular weight excluding hydrogens is 344 g/mol. The number of nitro benzene ring substituents is 1. The smallest absolute Gasteiger partial charge is 0.278 e. The number of rotatable bonds is 4. The fourth-order valence-electron chi connectivity index (χ4n) is 3.42. The van der Waals surface area contributed by atoms with Crippen LogP contribution in [0.4, 0.5) is 17.1 Å². The van der Waals surface area contributed by atoms with E-state index in [0.717, 1.165) is 28.9 Å². The Labute approximate surface area is 155 Å². The zero-order valence-corrected chi connectivity index (χ0v) is 14.7. The maximum Gasteiger partial charge on any atom is 0.278 e. The summed E-state index contributed by atoms with van der Waals surface area (Å²) in [6, 6.07) is 12.6. The molecule has 0 fully saturated rings. The molecule has 7 heteroatoms. The van der Waals surface area contributed by atoms with E-state index in [2.05, 4.69) is 21.7 Å². The van der Waals surface area contributed by atoms with E-state index in [4.69, 9.17) is 0 Å². The van der Waals surface area contributed by atoms with Gasteiger partial charge in [-0.2, -0.15) is 0 Å². The number of non-ortho nitro benzene ring substituents is 1. The lowest BCUT2D eigenvalue weighted by Crippen LogP contribution is -2.19. The Kier molecular flexibility index (Phi) is 4.19. The molecule has 0 unspecified atom stereocenters. The highest BCUT2D eigenvalue weighted by molar-refractivity contribution is 5.97. The summed E-state index contributed by atoms with van der Waals surface area (Å²) >= 11 is 0. The Hall–Kier alpha value is -3.48. The van der Waals surface area contributed by atoms with Gasteiger partial charge in [-0.15, -0.1) is 0 Å². The van der Waals surface area contributed by atoms with Gasteiger partial charge in [0.2, 0.25) is 5.91 Å². The average Bonchev–Trinajstić information content (AvgIpc) is 2.67. The first-order valence-electron chi connectivity index (χ1n) is 8.74. The van der Waals surface area contributed by atoms with Gasteiger partial charge in [0.1, 0.15) is 5.52 Å². The molecule has 0 radical (unpaired) electrons. The molecule has 1 atom stereocenters. The number of carbonyl (C=O) groups is 1. The van der Waals surface area contributed by atoms with E-state index in [1.807, 2.05) is 19.1 Å². The summed E-state index contributed by atoms with van der Waals surface area (Å²) in [7, 11) is 0. The van der Waals surface area contributed by atoms with E-state index in [1.165, 1.54) is 6.07 Å². The Morgan fingerprint density at radius 2 is 2.07 bits per heavy atom. The maximum absolute atomic E-state index is 11.5. The van der Waals surface area contributed by atoms with Gasteiger partial charge in [0.25, 0.3) is 5.69 Å². The third-order valence-electron chi connectivity index (χ3n) is 4.84. The van der Waals surface area contributed by atoms with E-state index in [-0.39, 0.29) is 17.6 Å². The quantitative estimate of drug-likeness (QED) is 0.535. The van der Waals surface area contributed by atoms with Gasteiger partial charge in [-0.25, -0.2) is 0 Å². The van der Waals surface area contributed by atoms with Crippen molar-refractivity contribution < 1.29 is 9.72 Å². The first-order valence-corrected chi connectivity index (χ1v) is 8.74. The number of hydrogen-bond acceptors (Lipinski definition) is 5. The molecule has 2 N–H and O–H groups in total. The third-order valence-corrected chi connectivity index (χ3v) is 4.84. The topological polar surface area (TPSA) is 97.2 Å². The number of carbonyl (C=O) groups excluding carboxylic acids is 1. The summed E-state index contributed by atoms with van der Waals surface area (Å²) in [4.78, 5) is 26.7. The lowest BCUT2D eigenvalue weighted by atomic mass is 9.97. The monoisotopic (exact) mass is 362 g/mol. The number of nitrogens with one attached hydrogen (secondary N) is 2. The second kappa shape index (κ2) is 6.68. The highest BCUT2D eigenvalue weighted by Crippen LogP contribution is 2.33. The molecule has 2 heterocycles. The molecule has 1 aromatic heterocycles. The van der Waals surface area contributed by atoms with Crippen LogP contribution in [-0.4, -0.2) is 15.8 Å². The lowest BCUT2D eigenvalue weighted by Gasteiger charge is -2.21. The van der Waals surface area contributed by atoms with Gasteiger partial charge in [-0.05, 0) is 48.7 Å². The summed E-state index contributed by atoms with van der Waals surface area (Å²) in [5, 5.41) is 18.1. The minimum atomic E-state index is -0.394. The van der Waals surface area contributed by atoms with E-state index in [0.29, 0.717) is 17.3 Å². The highest BCUT2D eigenvalue weighted by atomic mass is 16.6. The van der Waals surface area contributed by atoms with Crippen LogP contribution in [-0.2, 0) is 11.2 Å². The third kappa shape index (κ3) is 3.19. The summed E-state index contributed by atoms with van der Waals surface area (Å²) in [5.41, 5.74) is 4.42. The molecule has 0 saturated carbocycles. The highest BCUT2D eigenvalue weighted by Gasteiger charge is 2.18. The molecule has 7 nitrogen and oxygen atoms in total. The number of fused-ring (bicyclic) bond motifs is 2. The van der Waals surface area contributed by atoms with Gasteiger partial charge in [0.15, 0.2) is 0 Å². The van der Waals surface area contributed by atoms with Crippen LogP contribution in [0.5, 0.6) is 0 Å². The molecule has 0 bridgehead atoms. The van der Waals surface area contributed by atoms with Gasteiger partial charge in [0.05, 0.1) is 16.0 Å². The first kappa shape index (κ1) is 17.0. The second-order valence-corrected chi connectivity index (χ2v) is 6.62. The van der Waals surface area contributed by atoms with Crippen LogP contribution in [0.3, 0.4) is 0 Å². The molecule has 1 amide bonds. The normalized spacial score (nSPS) is 14.3. The zero-order valence-electron chi connectivity index (χ0n) is 14.7. The Morgan fingerprint density at radius 1 is 1.22 bits per heavy atom. The Bertz CT molecular complexity index is 1060. The van der Waals surface area contributed by atoms with Crippen LogP contribution in [0, 0.1) is 10.1 Å². The predicted octanol–water partition coefficient (Wildman–Crippen LogP) is 4.20. The van der Waals surface area contributed by atoms with Crippen molar-refractivity contribution in [1.82, 2.24) is 4.98 Å². The molecular formula is C20H18N4O3. The SMILES string of the molecule is C[C@@H](Nc1ccc([N+](=O)[O-])c2cccnc12)c1ccc2c(c1)CCC(=O)N2. The number of benzene rings is 2. The lowest BCUT2D eigenvalue weighted by molar-refractivity contribution is -0.383. The van der Waals surface area contributed by atoms with Crippen molar-refractivity contribution in [3.63, 3.8) is 0 Å². The summed E-state index contributed by atoms with van der Waals surface area (Å²) in [6.45, 7) is 2.03. The molecule has 0 spiro atoms. The van der Waals surface area contributed by atoms with Crippen molar-refractivity contribution in [3.8, 4) is 0 Å². The van der Waals surface area contributed by atoms with Gasteiger partial charge >= 0.3 is 0 Å². The number of aryl methyl sites for hydroxylation is 1. The van der Waals surface area contributed by atoms with Gasteiger partial charge < -0.3 is 10.6 Å². The number of nitrogens with zero attached hydrogens (tertiary/aromatic N) is 2. The number of amides is 1. The summed E-state index contributed by atoms with van der Waals surface area (Å²) in [5.74, 6) is 0.0462. The zero-order chi connectivity index (χ0) is 19.0. The van der Waals surface area contributed by atoms with Crippen molar-refractivity contribution >= 4 is 33.9 Å². The number of anilines is 2. The summed E-state index contributed by atoms with van der Waals surface area (Å²) in [6.07, 6.45) is 2.85. The fraction of sp³-hybridized carbons (Fsp3) is 0.200. The van der Waals surface area contributed by atoms with Crippen molar-refractivity contribution in [2.45, 2.75) is 25.8 Å². The second-order valence-electron chi connectivity index (χ2n) is 6.62. The Balaban J connectivity index is 1.66. The average molecular weight is 362 g/mol.